The van der Waals surface area contributed by atoms with Crippen molar-refractivity contribution < 1.29 is 9.53 Å². The summed E-state index contributed by atoms with van der Waals surface area (Å²) in [5, 5.41) is 8.58. The highest BCUT2D eigenvalue weighted by Crippen LogP contribution is 2.42. The van der Waals surface area contributed by atoms with Crippen molar-refractivity contribution in [2.24, 2.45) is 0 Å². The van der Waals surface area contributed by atoms with Crippen molar-refractivity contribution in [3.8, 4) is 11.5 Å². The first-order valence-electron chi connectivity index (χ1n) is 10.2. The average Bonchev–Trinajstić information content (AvgIpc) is 2.79. The highest BCUT2D eigenvalue weighted by atomic mass is 16.5. The third-order valence-electron chi connectivity index (χ3n) is 5.49. The minimum absolute atomic E-state index is 0.173. The number of ether oxygens (including phenoxy) is 1. The van der Waals surface area contributed by atoms with E-state index in [1.807, 2.05) is 62.4 Å². The van der Waals surface area contributed by atoms with Crippen LogP contribution >= 0.6 is 0 Å². The number of aromatic nitrogens is 2. The molecule has 1 aliphatic rings. The second kappa shape index (κ2) is 7.40. The smallest absolute Gasteiger partial charge is 0.274 e. The van der Waals surface area contributed by atoms with Crippen LogP contribution in [0.4, 0.5) is 0 Å². The molecule has 0 atom stereocenters. The van der Waals surface area contributed by atoms with Gasteiger partial charge >= 0.3 is 0 Å². The molecule has 6 heteroatoms. The van der Waals surface area contributed by atoms with Gasteiger partial charge in [0.15, 0.2) is 5.69 Å². The van der Waals surface area contributed by atoms with E-state index < -0.39 is 6.04 Å². The van der Waals surface area contributed by atoms with Crippen molar-refractivity contribution in [3.05, 3.63) is 100.0 Å². The minimum atomic E-state index is -0.395. The lowest BCUT2D eigenvalue weighted by atomic mass is 9.94. The summed E-state index contributed by atoms with van der Waals surface area (Å²) in [5.41, 5.74) is 1.77. The van der Waals surface area contributed by atoms with Gasteiger partial charge in [-0.15, -0.1) is 0 Å². The van der Waals surface area contributed by atoms with Crippen molar-refractivity contribution in [2.75, 3.05) is 0 Å². The molecule has 5 rings (SSSR count). The predicted molar refractivity (Wildman–Crippen MR) is 119 cm³/mol. The molecular weight excluding hydrogens is 390 g/mol. The Hall–Kier alpha value is -3.93. The van der Waals surface area contributed by atoms with E-state index in [9.17, 15) is 9.59 Å². The van der Waals surface area contributed by atoms with Crippen molar-refractivity contribution in [1.82, 2.24) is 15.1 Å². The van der Waals surface area contributed by atoms with Crippen LogP contribution in [-0.2, 0) is 0 Å². The maximum absolute atomic E-state index is 13.5. The molecule has 1 amide bonds. The molecule has 0 aliphatic carbocycles. The van der Waals surface area contributed by atoms with E-state index in [4.69, 9.17) is 4.74 Å². The highest BCUT2D eigenvalue weighted by molar-refractivity contribution is 6.05. The monoisotopic (exact) mass is 411 g/mol. The summed E-state index contributed by atoms with van der Waals surface area (Å²) in [7, 11) is 0. The van der Waals surface area contributed by atoms with E-state index in [0.29, 0.717) is 22.3 Å². The summed E-state index contributed by atoms with van der Waals surface area (Å²) < 4.78 is 7.38. The Morgan fingerprint density at radius 1 is 0.903 bits per heavy atom. The van der Waals surface area contributed by atoms with Gasteiger partial charge in [-0.1, -0.05) is 54.6 Å². The first-order valence-corrected chi connectivity index (χ1v) is 10.2. The summed E-state index contributed by atoms with van der Waals surface area (Å²) in [4.78, 5) is 26.3. The number of nitrogens with one attached hydrogen (secondary N) is 1. The molecule has 0 saturated carbocycles. The Bertz CT molecular complexity index is 1330. The SMILES string of the molecule is CC(C)n1nc(C(=O)NC2c3ccccc3Oc3ccccc32)c2ccccc2c1=O. The summed E-state index contributed by atoms with van der Waals surface area (Å²) in [6, 6.07) is 21.8. The van der Waals surface area contributed by atoms with Gasteiger partial charge in [0, 0.05) is 16.5 Å². The van der Waals surface area contributed by atoms with Crippen LogP contribution < -0.4 is 15.6 Å². The first kappa shape index (κ1) is 19.1. The normalized spacial score (nSPS) is 12.9. The molecule has 1 N–H and O–H groups in total. The molecule has 0 unspecified atom stereocenters. The Morgan fingerprint density at radius 3 is 2.06 bits per heavy atom. The van der Waals surface area contributed by atoms with Crippen molar-refractivity contribution >= 4 is 16.7 Å². The lowest BCUT2D eigenvalue weighted by Crippen LogP contribution is -2.34. The maximum Gasteiger partial charge on any atom is 0.274 e. The molecular formula is C25H21N3O3. The summed E-state index contributed by atoms with van der Waals surface area (Å²) in [6.45, 7) is 3.74. The van der Waals surface area contributed by atoms with E-state index >= 15 is 0 Å². The number of nitrogens with zero attached hydrogens (tertiary/aromatic N) is 2. The van der Waals surface area contributed by atoms with E-state index in [0.717, 1.165) is 11.1 Å². The van der Waals surface area contributed by atoms with Gasteiger partial charge in [0.2, 0.25) is 0 Å². The molecule has 4 aromatic rings. The molecule has 154 valence electrons. The van der Waals surface area contributed by atoms with Crippen LogP contribution in [0, 0.1) is 0 Å². The van der Waals surface area contributed by atoms with Crippen LogP contribution in [0.25, 0.3) is 10.8 Å². The van der Waals surface area contributed by atoms with Crippen LogP contribution in [-0.4, -0.2) is 15.7 Å². The Morgan fingerprint density at radius 2 is 1.45 bits per heavy atom. The fraction of sp³-hybridized carbons (Fsp3) is 0.160. The molecule has 1 aliphatic heterocycles. The van der Waals surface area contributed by atoms with Crippen molar-refractivity contribution in [2.45, 2.75) is 25.9 Å². The number of carbonyl (C=O) groups excluding carboxylic acids is 1. The Kier molecular flexibility index (Phi) is 4.55. The molecule has 0 saturated heterocycles. The van der Waals surface area contributed by atoms with Crippen molar-refractivity contribution in [1.29, 1.82) is 0 Å². The molecule has 1 aromatic heterocycles. The van der Waals surface area contributed by atoms with Gasteiger partial charge in [-0.3, -0.25) is 9.59 Å². The molecule has 0 fully saturated rings. The van der Waals surface area contributed by atoms with E-state index in [2.05, 4.69) is 10.4 Å². The molecule has 6 nitrogen and oxygen atoms in total. The lowest BCUT2D eigenvalue weighted by molar-refractivity contribution is 0.0935. The number of para-hydroxylation sites is 2. The summed E-state index contributed by atoms with van der Waals surface area (Å²) in [5.74, 6) is 1.06. The lowest BCUT2D eigenvalue weighted by Gasteiger charge is -2.28. The minimum Gasteiger partial charge on any atom is -0.457 e. The predicted octanol–water partition coefficient (Wildman–Crippen LogP) is 4.60. The van der Waals surface area contributed by atoms with Crippen LogP contribution in [0.3, 0.4) is 0 Å². The number of rotatable bonds is 3. The molecule has 0 spiro atoms. The summed E-state index contributed by atoms with van der Waals surface area (Å²) in [6.07, 6.45) is 0. The Labute approximate surface area is 179 Å². The number of fused-ring (bicyclic) bond motifs is 3. The van der Waals surface area contributed by atoms with Gasteiger partial charge in [-0.25, -0.2) is 4.68 Å². The van der Waals surface area contributed by atoms with Crippen LogP contribution in [0.2, 0.25) is 0 Å². The third kappa shape index (κ3) is 3.17. The van der Waals surface area contributed by atoms with E-state index in [1.54, 1.807) is 24.3 Å². The molecule has 0 radical (unpaired) electrons. The van der Waals surface area contributed by atoms with E-state index in [-0.39, 0.29) is 23.2 Å². The van der Waals surface area contributed by atoms with E-state index in [1.165, 1.54) is 4.68 Å². The zero-order valence-corrected chi connectivity index (χ0v) is 17.2. The first-order chi connectivity index (χ1) is 15.0. The standard InChI is InChI=1S/C25H21N3O3/c1-15(2)28-25(30)17-10-4-3-9-16(17)23(27-28)24(29)26-22-18-11-5-7-13-20(18)31-21-14-8-6-12-19(21)22/h3-15,22H,1-2H3,(H,26,29). The number of benzene rings is 3. The zero-order valence-electron chi connectivity index (χ0n) is 17.2. The molecule has 2 heterocycles. The molecule has 3 aromatic carbocycles. The van der Waals surface area contributed by atoms with Gasteiger partial charge in [0.1, 0.15) is 11.5 Å². The molecule has 31 heavy (non-hydrogen) atoms. The number of amides is 1. The van der Waals surface area contributed by atoms with Gasteiger partial charge in [-0.2, -0.15) is 5.10 Å². The van der Waals surface area contributed by atoms with Crippen LogP contribution in [0.15, 0.2) is 77.6 Å². The highest BCUT2D eigenvalue weighted by Gasteiger charge is 2.29. The van der Waals surface area contributed by atoms with Gasteiger partial charge in [-0.05, 0) is 32.0 Å². The number of hydrogen-bond donors (Lipinski definition) is 1. The quantitative estimate of drug-likeness (QED) is 0.535. The number of carbonyl (C=O) groups is 1. The summed E-state index contributed by atoms with van der Waals surface area (Å²) >= 11 is 0. The van der Waals surface area contributed by atoms with Gasteiger partial charge < -0.3 is 10.1 Å². The van der Waals surface area contributed by atoms with Crippen molar-refractivity contribution in [3.63, 3.8) is 0 Å². The van der Waals surface area contributed by atoms with Crippen LogP contribution in [0.5, 0.6) is 11.5 Å². The largest absolute Gasteiger partial charge is 0.457 e. The third-order valence-corrected chi connectivity index (χ3v) is 5.49. The van der Waals surface area contributed by atoms with Crippen LogP contribution in [0.1, 0.15) is 47.5 Å². The van der Waals surface area contributed by atoms with Gasteiger partial charge in [0.05, 0.1) is 17.5 Å². The Balaban J connectivity index is 1.63. The molecule has 0 bridgehead atoms. The fourth-order valence-corrected chi connectivity index (χ4v) is 3.99. The maximum atomic E-state index is 13.5. The zero-order chi connectivity index (χ0) is 21.5. The average molecular weight is 411 g/mol. The number of hydrogen-bond acceptors (Lipinski definition) is 4. The van der Waals surface area contributed by atoms with Gasteiger partial charge in [0.25, 0.3) is 11.5 Å². The topological polar surface area (TPSA) is 73.2 Å². The second-order valence-corrected chi connectivity index (χ2v) is 7.82. The second-order valence-electron chi connectivity index (χ2n) is 7.82. The fourth-order valence-electron chi connectivity index (χ4n) is 3.99.